The smallest absolute Gasteiger partial charge is 0.458 e. The molecule has 35 heavy (non-hydrogen) atoms. The number of rotatable bonds is 11. The summed E-state index contributed by atoms with van der Waals surface area (Å²) in [5.74, 6) is -2.35. The van der Waals surface area contributed by atoms with Gasteiger partial charge in [-0.2, -0.15) is 0 Å². The molecule has 0 aliphatic carbocycles. The molecule has 1 aromatic rings. The van der Waals surface area contributed by atoms with Crippen LogP contribution in [0.15, 0.2) is 18.2 Å². The Morgan fingerprint density at radius 1 is 0.714 bits per heavy atom. The van der Waals surface area contributed by atoms with Crippen LogP contribution in [0, 0.1) is 11.8 Å². The Balaban J connectivity index is 2.89. The Kier molecular flexibility index (Phi) is 11.7. The van der Waals surface area contributed by atoms with E-state index in [2.05, 4.69) is 0 Å². The van der Waals surface area contributed by atoms with E-state index in [1.807, 2.05) is 0 Å². The van der Waals surface area contributed by atoms with Gasteiger partial charge in [0.2, 0.25) is 0 Å². The minimum atomic E-state index is -1.05. The Morgan fingerprint density at radius 3 is 1.74 bits per heavy atom. The van der Waals surface area contributed by atoms with Gasteiger partial charge in [-0.3, -0.25) is 14.4 Å². The molecular weight excluding hydrogens is 458 g/mol. The topological polar surface area (TPSA) is 140 Å². The van der Waals surface area contributed by atoms with Crippen LogP contribution in [0.4, 0.5) is 4.79 Å². The maximum atomic E-state index is 12.5. The van der Waals surface area contributed by atoms with E-state index in [0.717, 1.165) is 0 Å². The monoisotopic (exact) mass is 495 g/mol. The van der Waals surface area contributed by atoms with Crippen LogP contribution in [0.25, 0.3) is 0 Å². The van der Waals surface area contributed by atoms with Gasteiger partial charge in [-0.25, -0.2) is 4.79 Å². The molecule has 0 heterocycles. The van der Waals surface area contributed by atoms with Crippen molar-refractivity contribution in [2.24, 2.45) is 17.6 Å². The van der Waals surface area contributed by atoms with Crippen LogP contribution >= 0.6 is 0 Å². The maximum absolute atomic E-state index is 12.5. The van der Waals surface area contributed by atoms with Crippen LogP contribution in [0.1, 0.15) is 61.0 Å². The number of ether oxygens (including phenoxy) is 5. The fourth-order valence-electron chi connectivity index (χ4n) is 2.47. The lowest BCUT2D eigenvalue weighted by molar-refractivity contribution is -0.155. The van der Waals surface area contributed by atoms with E-state index in [4.69, 9.17) is 29.4 Å². The molecule has 1 unspecified atom stereocenters. The first-order chi connectivity index (χ1) is 16.2. The molecule has 0 saturated carbocycles. The standard InChI is InChI=1S/C25H37NO9/c1-13(2)22(27)34-20-10-9-18(12-21(20)35-23(28)14(3)4)11-19(26)24(29)32-16(7)17(8)33-25(30)31-15(5)6/h9-10,12-17,19H,11,26H2,1-8H3/t16-,17?,19-/m0/s1. The molecule has 0 aliphatic heterocycles. The summed E-state index contributed by atoms with van der Waals surface area (Å²) in [5, 5.41) is 0. The molecule has 0 radical (unpaired) electrons. The van der Waals surface area contributed by atoms with Gasteiger partial charge >= 0.3 is 24.1 Å². The van der Waals surface area contributed by atoms with Gasteiger partial charge in [0.25, 0.3) is 0 Å². The average molecular weight is 496 g/mol. The summed E-state index contributed by atoms with van der Waals surface area (Å²) in [7, 11) is 0. The molecule has 0 saturated heterocycles. The van der Waals surface area contributed by atoms with E-state index in [0.29, 0.717) is 5.56 Å². The minimum Gasteiger partial charge on any atom is -0.458 e. The van der Waals surface area contributed by atoms with E-state index < -0.39 is 48.2 Å². The van der Waals surface area contributed by atoms with Gasteiger partial charge in [0.1, 0.15) is 18.2 Å². The Labute approximate surface area is 206 Å². The largest absolute Gasteiger partial charge is 0.508 e. The van der Waals surface area contributed by atoms with Crippen molar-refractivity contribution in [1.82, 2.24) is 0 Å². The lowest BCUT2D eigenvalue weighted by Crippen LogP contribution is -2.39. The molecule has 0 bridgehead atoms. The Bertz CT molecular complexity index is 895. The maximum Gasteiger partial charge on any atom is 0.508 e. The molecule has 0 spiro atoms. The van der Waals surface area contributed by atoms with Gasteiger partial charge in [0.05, 0.1) is 17.9 Å². The van der Waals surface area contributed by atoms with Crippen molar-refractivity contribution in [1.29, 1.82) is 0 Å². The molecule has 0 amide bonds. The van der Waals surface area contributed by atoms with Crippen molar-refractivity contribution in [3.63, 3.8) is 0 Å². The molecule has 10 nitrogen and oxygen atoms in total. The molecule has 0 aromatic heterocycles. The van der Waals surface area contributed by atoms with Gasteiger partial charge in [0, 0.05) is 0 Å². The van der Waals surface area contributed by atoms with Crippen molar-refractivity contribution in [3.05, 3.63) is 23.8 Å². The second-order valence-corrected chi connectivity index (χ2v) is 9.12. The summed E-state index contributed by atoms with van der Waals surface area (Å²) in [6, 6.07) is 3.54. The van der Waals surface area contributed by atoms with Crippen molar-refractivity contribution in [2.75, 3.05) is 0 Å². The van der Waals surface area contributed by atoms with Crippen molar-refractivity contribution >= 4 is 24.1 Å². The first kappa shape index (κ1) is 29.9. The van der Waals surface area contributed by atoms with Crippen molar-refractivity contribution in [2.45, 2.75) is 86.2 Å². The molecule has 196 valence electrons. The lowest BCUT2D eigenvalue weighted by atomic mass is 10.1. The molecule has 10 heteroatoms. The number of carbonyl (C=O) groups is 4. The second kappa shape index (κ2) is 13.7. The first-order valence-electron chi connectivity index (χ1n) is 11.6. The molecule has 1 aromatic carbocycles. The summed E-state index contributed by atoms with van der Waals surface area (Å²) in [6.07, 6.45) is -2.67. The predicted octanol–water partition coefficient (Wildman–Crippen LogP) is 3.56. The third kappa shape index (κ3) is 10.3. The normalized spacial score (nSPS) is 13.7. The van der Waals surface area contributed by atoms with Crippen molar-refractivity contribution < 1.29 is 42.9 Å². The molecule has 3 atom stereocenters. The van der Waals surface area contributed by atoms with Crippen LogP contribution in [0.3, 0.4) is 0 Å². The predicted molar refractivity (Wildman–Crippen MR) is 127 cm³/mol. The summed E-state index contributed by atoms with van der Waals surface area (Å²) in [5.41, 5.74) is 6.58. The third-order valence-corrected chi connectivity index (χ3v) is 4.71. The molecule has 2 N–H and O–H groups in total. The average Bonchev–Trinajstić information content (AvgIpc) is 2.74. The second-order valence-electron chi connectivity index (χ2n) is 9.12. The van der Waals surface area contributed by atoms with Gasteiger partial charge in [-0.1, -0.05) is 33.8 Å². The summed E-state index contributed by atoms with van der Waals surface area (Å²) in [6.45, 7) is 13.2. The van der Waals surface area contributed by atoms with Gasteiger partial charge in [-0.15, -0.1) is 0 Å². The minimum absolute atomic E-state index is 0.0508. The molecular formula is C25H37NO9. The fourth-order valence-corrected chi connectivity index (χ4v) is 2.47. The van der Waals surface area contributed by atoms with Gasteiger partial charge in [-0.05, 0) is 51.8 Å². The number of hydrogen-bond donors (Lipinski definition) is 1. The van der Waals surface area contributed by atoms with Gasteiger partial charge in [0.15, 0.2) is 11.5 Å². The number of hydrogen-bond acceptors (Lipinski definition) is 10. The quantitative estimate of drug-likeness (QED) is 0.358. The lowest BCUT2D eigenvalue weighted by Gasteiger charge is -2.22. The van der Waals surface area contributed by atoms with Crippen LogP contribution in [0.5, 0.6) is 11.5 Å². The van der Waals surface area contributed by atoms with Crippen LogP contribution in [-0.2, 0) is 35.0 Å². The number of benzene rings is 1. The Morgan fingerprint density at radius 2 is 1.23 bits per heavy atom. The van der Waals surface area contributed by atoms with E-state index in [1.54, 1.807) is 61.5 Å². The number of esters is 3. The number of carbonyl (C=O) groups excluding carboxylic acids is 4. The van der Waals surface area contributed by atoms with E-state index >= 15 is 0 Å². The number of nitrogens with two attached hydrogens (primary N) is 1. The SMILES string of the molecule is CC(C)OC(=O)OC(C)[C@H](C)OC(=O)[C@@H](N)Cc1ccc(OC(=O)C(C)C)c(OC(=O)C(C)C)c1. The van der Waals surface area contributed by atoms with Crippen molar-refractivity contribution in [3.8, 4) is 11.5 Å². The zero-order valence-corrected chi connectivity index (χ0v) is 21.7. The van der Waals surface area contributed by atoms with E-state index in [1.165, 1.54) is 12.1 Å². The highest BCUT2D eigenvalue weighted by atomic mass is 16.7. The summed E-state index contributed by atoms with van der Waals surface area (Å²) < 4.78 is 26.1. The molecule has 0 fully saturated rings. The summed E-state index contributed by atoms with van der Waals surface area (Å²) in [4.78, 5) is 48.3. The molecule has 1 rings (SSSR count). The highest BCUT2D eigenvalue weighted by molar-refractivity contribution is 5.78. The van der Waals surface area contributed by atoms with Crippen LogP contribution in [-0.4, -0.2) is 48.4 Å². The highest BCUT2D eigenvalue weighted by Crippen LogP contribution is 2.30. The third-order valence-electron chi connectivity index (χ3n) is 4.71. The Hall–Kier alpha value is -3.14. The van der Waals surface area contributed by atoms with Crippen LogP contribution in [0.2, 0.25) is 0 Å². The fraction of sp³-hybridized carbons (Fsp3) is 0.600. The summed E-state index contributed by atoms with van der Waals surface area (Å²) >= 11 is 0. The van der Waals surface area contributed by atoms with E-state index in [-0.39, 0.29) is 29.9 Å². The highest BCUT2D eigenvalue weighted by Gasteiger charge is 2.26. The van der Waals surface area contributed by atoms with E-state index in [9.17, 15) is 19.2 Å². The first-order valence-corrected chi connectivity index (χ1v) is 11.6. The van der Waals surface area contributed by atoms with Gasteiger partial charge < -0.3 is 29.4 Å². The zero-order chi connectivity index (χ0) is 26.9. The molecule has 0 aliphatic rings. The zero-order valence-electron chi connectivity index (χ0n) is 21.7. The van der Waals surface area contributed by atoms with Crippen LogP contribution < -0.4 is 15.2 Å².